The SMILES string of the molecule is CCC(C)C(CC(=O)OC(C)(C)C)C(=O)O. The van der Waals surface area contributed by atoms with Gasteiger partial charge in [-0.2, -0.15) is 0 Å². The van der Waals surface area contributed by atoms with E-state index in [1.807, 2.05) is 13.8 Å². The number of rotatable bonds is 5. The van der Waals surface area contributed by atoms with Gasteiger partial charge in [-0.3, -0.25) is 9.59 Å². The van der Waals surface area contributed by atoms with Gasteiger partial charge >= 0.3 is 11.9 Å². The van der Waals surface area contributed by atoms with Crippen molar-refractivity contribution in [3.63, 3.8) is 0 Å². The first-order chi connectivity index (χ1) is 7.17. The van der Waals surface area contributed by atoms with Gasteiger partial charge in [0, 0.05) is 0 Å². The van der Waals surface area contributed by atoms with Crippen LogP contribution in [0.25, 0.3) is 0 Å². The molecule has 0 fully saturated rings. The Bertz CT molecular complexity index is 252. The molecule has 0 rings (SSSR count). The summed E-state index contributed by atoms with van der Waals surface area (Å²) >= 11 is 0. The zero-order valence-corrected chi connectivity index (χ0v) is 10.7. The fourth-order valence-electron chi connectivity index (χ4n) is 1.38. The van der Waals surface area contributed by atoms with Crippen molar-refractivity contribution in [3.05, 3.63) is 0 Å². The summed E-state index contributed by atoms with van der Waals surface area (Å²) < 4.78 is 5.11. The maximum Gasteiger partial charge on any atom is 0.307 e. The molecule has 0 aromatic carbocycles. The minimum absolute atomic E-state index is 0.0231. The summed E-state index contributed by atoms with van der Waals surface area (Å²) in [5, 5.41) is 9.01. The van der Waals surface area contributed by atoms with E-state index in [1.165, 1.54) is 0 Å². The van der Waals surface area contributed by atoms with Gasteiger partial charge in [0.1, 0.15) is 5.60 Å². The van der Waals surface area contributed by atoms with Crippen molar-refractivity contribution < 1.29 is 19.4 Å². The average molecular weight is 230 g/mol. The standard InChI is InChI=1S/C12H22O4/c1-6-8(2)9(11(14)15)7-10(13)16-12(3,4)5/h8-9H,6-7H2,1-5H3,(H,14,15). The summed E-state index contributed by atoms with van der Waals surface area (Å²) in [6.45, 7) is 9.05. The minimum atomic E-state index is -0.930. The van der Waals surface area contributed by atoms with Crippen LogP contribution in [0.3, 0.4) is 0 Å². The number of hydrogen-bond acceptors (Lipinski definition) is 3. The van der Waals surface area contributed by atoms with E-state index in [0.717, 1.165) is 6.42 Å². The summed E-state index contributed by atoms with van der Waals surface area (Å²) in [6.07, 6.45) is 0.682. The summed E-state index contributed by atoms with van der Waals surface area (Å²) in [5.74, 6) is -2.05. The van der Waals surface area contributed by atoms with Crippen molar-refractivity contribution in [2.45, 2.75) is 53.1 Å². The van der Waals surface area contributed by atoms with Gasteiger partial charge in [-0.05, 0) is 26.7 Å². The molecule has 4 heteroatoms. The van der Waals surface area contributed by atoms with Crippen molar-refractivity contribution in [2.24, 2.45) is 11.8 Å². The second-order valence-corrected chi connectivity index (χ2v) is 5.12. The number of carboxylic acids is 1. The minimum Gasteiger partial charge on any atom is -0.481 e. The molecule has 16 heavy (non-hydrogen) atoms. The van der Waals surface area contributed by atoms with Crippen molar-refractivity contribution in [1.82, 2.24) is 0 Å². The molecule has 0 spiro atoms. The Kier molecular flexibility index (Phi) is 5.48. The van der Waals surface area contributed by atoms with Crippen LogP contribution in [0.1, 0.15) is 47.5 Å². The van der Waals surface area contributed by atoms with Gasteiger partial charge in [-0.15, -0.1) is 0 Å². The lowest BCUT2D eigenvalue weighted by molar-refractivity contribution is -0.161. The fourth-order valence-corrected chi connectivity index (χ4v) is 1.38. The topological polar surface area (TPSA) is 63.6 Å². The van der Waals surface area contributed by atoms with Gasteiger partial charge in [-0.25, -0.2) is 0 Å². The number of hydrogen-bond donors (Lipinski definition) is 1. The Labute approximate surface area is 97.0 Å². The second kappa shape index (κ2) is 5.87. The maximum absolute atomic E-state index is 11.5. The first kappa shape index (κ1) is 14.9. The molecule has 0 heterocycles. The Morgan fingerprint density at radius 3 is 2.12 bits per heavy atom. The third-order valence-electron chi connectivity index (χ3n) is 2.45. The van der Waals surface area contributed by atoms with Crippen molar-refractivity contribution in [2.75, 3.05) is 0 Å². The van der Waals surface area contributed by atoms with Crippen LogP contribution in [0, 0.1) is 11.8 Å². The third-order valence-corrected chi connectivity index (χ3v) is 2.45. The molecule has 2 unspecified atom stereocenters. The number of aliphatic carboxylic acids is 1. The largest absolute Gasteiger partial charge is 0.481 e. The summed E-state index contributed by atoms with van der Waals surface area (Å²) in [5.41, 5.74) is -0.560. The van der Waals surface area contributed by atoms with E-state index in [-0.39, 0.29) is 12.3 Å². The van der Waals surface area contributed by atoms with Crippen LogP contribution < -0.4 is 0 Å². The van der Waals surface area contributed by atoms with Gasteiger partial charge in [0.2, 0.25) is 0 Å². The molecule has 1 N–H and O–H groups in total. The first-order valence-electron chi connectivity index (χ1n) is 5.62. The second-order valence-electron chi connectivity index (χ2n) is 5.12. The number of ether oxygens (including phenoxy) is 1. The van der Waals surface area contributed by atoms with Gasteiger partial charge in [0.15, 0.2) is 0 Å². The molecule has 0 aromatic rings. The van der Waals surface area contributed by atoms with E-state index in [0.29, 0.717) is 0 Å². The van der Waals surface area contributed by atoms with Crippen molar-refractivity contribution >= 4 is 11.9 Å². The molecule has 0 aromatic heterocycles. The van der Waals surface area contributed by atoms with Gasteiger partial charge in [0.05, 0.1) is 12.3 Å². The number of carbonyl (C=O) groups excluding carboxylic acids is 1. The zero-order chi connectivity index (χ0) is 12.9. The number of esters is 1. The fraction of sp³-hybridized carbons (Fsp3) is 0.833. The van der Waals surface area contributed by atoms with E-state index >= 15 is 0 Å². The Morgan fingerprint density at radius 2 is 1.81 bits per heavy atom. The third kappa shape index (κ3) is 5.73. The molecule has 2 atom stereocenters. The maximum atomic E-state index is 11.5. The van der Waals surface area contributed by atoms with Gasteiger partial charge < -0.3 is 9.84 Å². The van der Waals surface area contributed by atoms with E-state index in [9.17, 15) is 9.59 Å². The first-order valence-corrected chi connectivity index (χ1v) is 5.62. The molecule has 0 aliphatic carbocycles. The summed E-state index contributed by atoms with van der Waals surface area (Å²) in [6, 6.07) is 0. The molecule has 0 saturated heterocycles. The number of carboxylic acid groups (broad SMARTS) is 1. The zero-order valence-electron chi connectivity index (χ0n) is 10.7. The lowest BCUT2D eigenvalue weighted by Crippen LogP contribution is -2.29. The van der Waals surface area contributed by atoms with Crippen LogP contribution in [0.2, 0.25) is 0 Å². The van der Waals surface area contributed by atoms with E-state index < -0.39 is 23.5 Å². The summed E-state index contributed by atoms with van der Waals surface area (Å²) in [7, 11) is 0. The van der Waals surface area contributed by atoms with E-state index in [4.69, 9.17) is 9.84 Å². The van der Waals surface area contributed by atoms with Gasteiger partial charge in [0.25, 0.3) is 0 Å². The molecule has 0 saturated carbocycles. The molecule has 4 nitrogen and oxygen atoms in total. The van der Waals surface area contributed by atoms with E-state index in [1.54, 1.807) is 20.8 Å². The lowest BCUT2D eigenvalue weighted by atomic mass is 9.89. The smallest absolute Gasteiger partial charge is 0.307 e. The summed E-state index contributed by atoms with van der Waals surface area (Å²) in [4.78, 5) is 22.5. The van der Waals surface area contributed by atoms with Crippen molar-refractivity contribution in [1.29, 1.82) is 0 Å². The van der Waals surface area contributed by atoms with Crippen LogP contribution in [0.4, 0.5) is 0 Å². The van der Waals surface area contributed by atoms with Crippen LogP contribution in [0.15, 0.2) is 0 Å². The lowest BCUT2D eigenvalue weighted by Gasteiger charge is -2.22. The molecule has 94 valence electrons. The molecule has 0 amide bonds. The van der Waals surface area contributed by atoms with Crippen LogP contribution >= 0.6 is 0 Å². The molecule has 0 aliphatic rings. The van der Waals surface area contributed by atoms with Gasteiger partial charge in [-0.1, -0.05) is 20.3 Å². The highest BCUT2D eigenvalue weighted by atomic mass is 16.6. The van der Waals surface area contributed by atoms with Crippen LogP contribution in [-0.4, -0.2) is 22.6 Å². The molecule has 0 radical (unpaired) electrons. The van der Waals surface area contributed by atoms with Crippen molar-refractivity contribution in [3.8, 4) is 0 Å². The highest BCUT2D eigenvalue weighted by Gasteiger charge is 2.28. The van der Waals surface area contributed by atoms with E-state index in [2.05, 4.69) is 0 Å². The Morgan fingerprint density at radius 1 is 1.31 bits per heavy atom. The number of carbonyl (C=O) groups is 2. The predicted octanol–water partition coefficient (Wildman–Crippen LogP) is 2.47. The quantitative estimate of drug-likeness (QED) is 0.737. The Hall–Kier alpha value is -1.06. The highest BCUT2D eigenvalue weighted by Crippen LogP contribution is 2.21. The van der Waals surface area contributed by atoms with Crippen LogP contribution in [0.5, 0.6) is 0 Å². The molecular weight excluding hydrogens is 208 g/mol. The predicted molar refractivity (Wildman–Crippen MR) is 61.0 cm³/mol. The average Bonchev–Trinajstić information content (AvgIpc) is 2.09. The van der Waals surface area contributed by atoms with Crippen LogP contribution in [-0.2, 0) is 14.3 Å². The monoisotopic (exact) mass is 230 g/mol. The molecular formula is C12H22O4. The molecule has 0 aliphatic heterocycles. The molecule has 0 bridgehead atoms. The highest BCUT2D eigenvalue weighted by molar-refractivity contribution is 5.79. The normalized spacial score (nSPS) is 15.3. The Balaban J connectivity index is 4.42.